The van der Waals surface area contributed by atoms with Crippen molar-refractivity contribution in [3.8, 4) is 6.07 Å². The normalized spacial score (nSPS) is 10.4. The van der Waals surface area contributed by atoms with Crippen molar-refractivity contribution in [3.63, 3.8) is 0 Å². The molecule has 0 unspecified atom stereocenters. The number of rotatable bonds is 6. The number of nitriles is 1. The third-order valence-corrected chi connectivity index (χ3v) is 3.10. The highest BCUT2D eigenvalue weighted by atomic mass is 19.1. The molecule has 1 N–H and O–H groups in total. The Hall–Kier alpha value is -2.12. The summed E-state index contributed by atoms with van der Waals surface area (Å²) in [5, 5.41) is 12.2. The van der Waals surface area contributed by atoms with Crippen molar-refractivity contribution < 1.29 is 4.39 Å². The highest BCUT2D eigenvalue weighted by molar-refractivity contribution is 5.34. The Morgan fingerprint density at radius 2 is 2.20 bits per heavy atom. The molecule has 0 atom stereocenters. The fourth-order valence-electron chi connectivity index (χ4n) is 2.16. The predicted molar refractivity (Wildman–Crippen MR) is 76.6 cm³/mol. The van der Waals surface area contributed by atoms with Crippen molar-refractivity contribution in [2.24, 2.45) is 0 Å². The van der Waals surface area contributed by atoms with Crippen molar-refractivity contribution in [1.82, 2.24) is 9.88 Å². The minimum atomic E-state index is -0.364. The van der Waals surface area contributed by atoms with Crippen LogP contribution < -0.4 is 5.32 Å². The van der Waals surface area contributed by atoms with Crippen LogP contribution in [0.5, 0.6) is 0 Å². The maximum absolute atomic E-state index is 13.4. The fraction of sp³-hybridized carbons (Fsp3) is 0.312. The van der Waals surface area contributed by atoms with Crippen LogP contribution in [0.2, 0.25) is 0 Å². The average Bonchev–Trinajstić information content (AvgIpc) is 2.86. The topological polar surface area (TPSA) is 40.8 Å². The molecule has 104 valence electrons. The first-order valence-corrected chi connectivity index (χ1v) is 6.77. The van der Waals surface area contributed by atoms with Gasteiger partial charge in [-0.1, -0.05) is 6.92 Å². The Labute approximate surface area is 118 Å². The van der Waals surface area contributed by atoms with E-state index in [9.17, 15) is 4.39 Å². The number of hydrogen-bond donors (Lipinski definition) is 1. The zero-order chi connectivity index (χ0) is 14.4. The van der Waals surface area contributed by atoms with E-state index in [0.29, 0.717) is 12.1 Å². The third kappa shape index (κ3) is 3.69. The number of hydrogen-bond acceptors (Lipinski definition) is 2. The zero-order valence-corrected chi connectivity index (χ0v) is 11.6. The Bertz CT molecular complexity index is 610. The van der Waals surface area contributed by atoms with Gasteiger partial charge in [-0.3, -0.25) is 0 Å². The highest BCUT2D eigenvalue weighted by Crippen LogP contribution is 2.12. The molecule has 1 aromatic heterocycles. The van der Waals surface area contributed by atoms with E-state index in [0.717, 1.165) is 30.8 Å². The van der Waals surface area contributed by atoms with Crippen molar-refractivity contribution in [3.05, 3.63) is 59.2 Å². The maximum atomic E-state index is 13.4. The standard InChI is InChI=1S/C16H18FN3/c1-2-5-19-11-16-4-3-6-20(16)12-14-7-13(10-18)8-15(17)9-14/h3-4,6-9,19H,2,5,11-12H2,1H3. The summed E-state index contributed by atoms with van der Waals surface area (Å²) in [5.74, 6) is -0.364. The van der Waals surface area contributed by atoms with Crippen molar-refractivity contribution in [1.29, 1.82) is 5.26 Å². The minimum Gasteiger partial charge on any atom is -0.346 e. The molecule has 0 amide bonds. The molecule has 0 saturated carbocycles. The summed E-state index contributed by atoms with van der Waals surface area (Å²) in [5.41, 5.74) is 2.31. The molecule has 3 nitrogen and oxygen atoms in total. The van der Waals surface area contributed by atoms with E-state index in [1.54, 1.807) is 6.07 Å². The van der Waals surface area contributed by atoms with Gasteiger partial charge in [0.1, 0.15) is 5.82 Å². The van der Waals surface area contributed by atoms with E-state index < -0.39 is 0 Å². The van der Waals surface area contributed by atoms with Crippen LogP contribution in [0.1, 0.15) is 30.2 Å². The molecule has 1 aromatic carbocycles. The van der Waals surface area contributed by atoms with Crippen LogP contribution in [0.3, 0.4) is 0 Å². The Kier molecular flexibility index (Phi) is 4.91. The highest BCUT2D eigenvalue weighted by Gasteiger charge is 2.04. The lowest BCUT2D eigenvalue weighted by Crippen LogP contribution is -2.17. The van der Waals surface area contributed by atoms with Crippen LogP contribution in [0.15, 0.2) is 36.5 Å². The van der Waals surface area contributed by atoms with Crippen LogP contribution in [-0.4, -0.2) is 11.1 Å². The van der Waals surface area contributed by atoms with Gasteiger partial charge in [0.2, 0.25) is 0 Å². The number of nitrogens with zero attached hydrogens (tertiary/aromatic N) is 2. The molecule has 0 aliphatic carbocycles. The van der Waals surface area contributed by atoms with Gasteiger partial charge in [0.15, 0.2) is 0 Å². The Balaban J connectivity index is 2.12. The number of nitrogens with one attached hydrogen (secondary N) is 1. The minimum absolute atomic E-state index is 0.359. The molecule has 0 bridgehead atoms. The van der Waals surface area contributed by atoms with E-state index in [-0.39, 0.29) is 5.82 Å². The summed E-state index contributed by atoms with van der Waals surface area (Å²) < 4.78 is 15.5. The molecule has 2 aromatic rings. The number of halogens is 1. The number of benzene rings is 1. The largest absolute Gasteiger partial charge is 0.346 e. The lowest BCUT2D eigenvalue weighted by Gasteiger charge is -2.10. The third-order valence-electron chi connectivity index (χ3n) is 3.10. The SMILES string of the molecule is CCCNCc1cccn1Cc1cc(F)cc(C#N)c1. The molecule has 1 heterocycles. The summed E-state index contributed by atoms with van der Waals surface area (Å²) >= 11 is 0. The van der Waals surface area contributed by atoms with Gasteiger partial charge in [-0.2, -0.15) is 5.26 Å². The van der Waals surface area contributed by atoms with Gasteiger partial charge in [-0.25, -0.2) is 4.39 Å². The van der Waals surface area contributed by atoms with Crippen molar-refractivity contribution >= 4 is 0 Å². The first-order valence-electron chi connectivity index (χ1n) is 6.77. The van der Waals surface area contributed by atoms with E-state index >= 15 is 0 Å². The molecule has 20 heavy (non-hydrogen) atoms. The van der Waals surface area contributed by atoms with E-state index in [4.69, 9.17) is 5.26 Å². The molecule has 0 aliphatic rings. The van der Waals surface area contributed by atoms with Gasteiger partial charge in [0.05, 0.1) is 11.6 Å². The van der Waals surface area contributed by atoms with Gasteiger partial charge in [0.25, 0.3) is 0 Å². The van der Waals surface area contributed by atoms with Crippen LogP contribution in [-0.2, 0) is 13.1 Å². The summed E-state index contributed by atoms with van der Waals surface area (Å²) in [4.78, 5) is 0. The quantitative estimate of drug-likeness (QED) is 0.820. The fourth-order valence-corrected chi connectivity index (χ4v) is 2.16. The van der Waals surface area contributed by atoms with Gasteiger partial charge in [0, 0.05) is 25.0 Å². The predicted octanol–water partition coefficient (Wildman–Crippen LogP) is 3.05. The first kappa shape index (κ1) is 14.3. The lowest BCUT2D eigenvalue weighted by atomic mass is 10.1. The number of aromatic nitrogens is 1. The molecule has 0 radical (unpaired) electrons. The van der Waals surface area contributed by atoms with Crippen molar-refractivity contribution in [2.75, 3.05) is 6.54 Å². The second kappa shape index (κ2) is 6.88. The second-order valence-electron chi connectivity index (χ2n) is 4.76. The first-order chi connectivity index (χ1) is 9.72. The molecule has 0 saturated heterocycles. The second-order valence-corrected chi connectivity index (χ2v) is 4.76. The monoisotopic (exact) mass is 271 g/mol. The molecular weight excluding hydrogens is 253 g/mol. The smallest absolute Gasteiger partial charge is 0.124 e. The van der Waals surface area contributed by atoms with Gasteiger partial charge >= 0.3 is 0 Å². The summed E-state index contributed by atoms with van der Waals surface area (Å²) in [6, 6.07) is 10.5. The maximum Gasteiger partial charge on any atom is 0.124 e. The van der Waals surface area contributed by atoms with Gasteiger partial charge < -0.3 is 9.88 Å². The van der Waals surface area contributed by atoms with Gasteiger partial charge in [-0.15, -0.1) is 0 Å². The van der Waals surface area contributed by atoms with E-state index in [1.807, 2.05) is 24.4 Å². The van der Waals surface area contributed by atoms with Crippen LogP contribution >= 0.6 is 0 Å². The van der Waals surface area contributed by atoms with E-state index in [2.05, 4.69) is 16.8 Å². The summed E-state index contributed by atoms with van der Waals surface area (Å²) in [6.45, 7) is 4.47. The average molecular weight is 271 g/mol. The van der Waals surface area contributed by atoms with Crippen LogP contribution in [0.4, 0.5) is 4.39 Å². The Morgan fingerprint density at radius 3 is 2.95 bits per heavy atom. The Morgan fingerprint density at radius 1 is 1.35 bits per heavy atom. The molecule has 4 heteroatoms. The summed E-state index contributed by atoms with van der Waals surface area (Å²) in [7, 11) is 0. The van der Waals surface area contributed by atoms with Crippen LogP contribution in [0, 0.1) is 17.1 Å². The van der Waals surface area contributed by atoms with Crippen LogP contribution in [0.25, 0.3) is 0 Å². The van der Waals surface area contributed by atoms with Crippen molar-refractivity contribution in [2.45, 2.75) is 26.4 Å². The molecule has 2 rings (SSSR count). The molecule has 0 aliphatic heterocycles. The molecule has 0 spiro atoms. The van der Waals surface area contributed by atoms with E-state index in [1.165, 1.54) is 12.1 Å². The lowest BCUT2D eigenvalue weighted by molar-refractivity contribution is 0.615. The summed E-state index contributed by atoms with van der Waals surface area (Å²) in [6.07, 6.45) is 3.07. The van der Waals surface area contributed by atoms with Gasteiger partial charge in [-0.05, 0) is 48.9 Å². The molecular formula is C16H18FN3. The molecule has 0 fully saturated rings. The zero-order valence-electron chi connectivity index (χ0n) is 11.6.